The molecule has 0 saturated heterocycles. The van der Waals surface area contributed by atoms with Crippen molar-refractivity contribution < 1.29 is 22.3 Å². The Kier molecular flexibility index (Phi) is 7.37. The molecular formula is C25H23ClFN3O4S. The van der Waals surface area contributed by atoms with Crippen LogP contribution in [0.1, 0.15) is 36.4 Å². The van der Waals surface area contributed by atoms with Crippen LogP contribution >= 0.6 is 11.6 Å². The molecule has 0 spiro atoms. The Morgan fingerprint density at radius 1 is 1.06 bits per heavy atom. The van der Waals surface area contributed by atoms with E-state index in [1.807, 2.05) is 6.07 Å². The van der Waals surface area contributed by atoms with Gasteiger partial charge in [-0.3, -0.25) is 9.79 Å². The molecule has 1 aliphatic heterocycles. The highest BCUT2D eigenvalue weighted by Gasteiger charge is 2.24. The maximum atomic E-state index is 14.8. The van der Waals surface area contributed by atoms with Crippen molar-refractivity contribution in [3.8, 4) is 11.5 Å². The largest absolute Gasteiger partial charge is 0.457 e. The Hall–Kier alpha value is -3.43. The van der Waals surface area contributed by atoms with E-state index in [0.717, 1.165) is 5.56 Å². The van der Waals surface area contributed by atoms with Crippen LogP contribution in [0.3, 0.4) is 0 Å². The van der Waals surface area contributed by atoms with Crippen molar-refractivity contribution in [3.05, 3.63) is 82.6 Å². The van der Waals surface area contributed by atoms with Gasteiger partial charge >= 0.3 is 0 Å². The summed E-state index contributed by atoms with van der Waals surface area (Å²) in [6.07, 6.45) is 2.34. The molecule has 4 rings (SSSR count). The first-order valence-electron chi connectivity index (χ1n) is 10.9. The molecule has 7 nitrogen and oxygen atoms in total. The number of ether oxygens (including phenoxy) is 1. The summed E-state index contributed by atoms with van der Waals surface area (Å²) >= 11 is 6.27. The van der Waals surface area contributed by atoms with Crippen LogP contribution in [0, 0.1) is 5.82 Å². The summed E-state index contributed by atoms with van der Waals surface area (Å²) in [5.74, 6) is -0.411. The average molecular weight is 516 g/mol. The number of primary amides is 1. The number of sulfone groups is 1. The van der Waals surface area contributed by atoms with Crippen LogP contribution in [-0.2, 0) is 14.6 Å². The van der Waals surface area contributed by atoms with Crippen LogP contribution in [0.5, 0.6) is 11.5 Å². The van der Waals surface area contributed by atoms with Gasteiger partial charge in [0.1, 0.15) is 23.4 Å². The van der Waals surface area contributed by atoms with Crippen LogP contribution in [0.2, 0.25) is 5.02 Å². The Bertz CT molecular complexity index is 1400. The molecule has 3 aromatic rings. The van der Waals surface area contributed by atoms with Gasteiger partial charge in [0.25, 0.3) is 0 Å². The lowest BCUT2D eigenvalue weighted by Gasteiger charge is -2.23. The molecule has 0 aromatic heterocycles. The number of hydrogen-bond acceptors (Lipinski definition) is 6. The molecule has 3 N–H and O–H groups in total. The Morgan fingerprint density at radius 3 is 2.63 bits per heavy atom. The average Bonchev–Trinajstić information content (AvgIpc) is 2.83. The number of amides is 1. The Labute approximate surface area is 207 Å². The molecule has 3 aromatic carbocycles. The van der Waals surface area contributed by atoms with Crippen molar-refractivity contribution in [1.82, 2.24) is 0 Å². The van der Waals surface area contributed by atoms with Crippen molar-refractivity contribution >= 4 is 39.4 Å². The highest BCUT2D eigenvalue weighted by molar-refractivity contribution is 7.91. The van der Waals surface area contributed by atoms with Gasteiger partial charge in [-0.15, -0.1) is 0 Å². The molecule has 1 unspecified atom stereocenters. The molecular weight excluding hydrogens is 493 g/mol. The second-order valence-corrected chi connectivity index (χ2v) is 10.5. The van der Waals surface area contributed by atoms with Gasteiger partial charge in [0.05, 0.1) is 27.7 Å². The number of nitrogens with zero attached hydrogens (tertiary/aromatic N) is 1. The number of para-hydroxylation sites is 1. The topological polar surface area (TPSA) is 111 Å². The lowest BCUT2D eigenvalue weighted by Crippen LogP contribution is -2.13. The summed E-state index contributed by atoms with van der Waals surface area (Å²) in [6, 6.07) is 15.1. The monoisotopic (exact) mass is 515 g/mol. The van der Waals surface area contributed by atoms with Gasteiger partial charge in [-0.1, -0.05) is 29.8 Å². The quantitative estimate of drug-likeness (QED) is 0.378. The zero-order valence-electron chi connectivity index (χ0n) is 18.6. The van der Waals surface area contributed by atoms with Gasteiger partial charge in [0, 0.05) is 17.5 Å². The summed E-state index contributed by atoms with van der Waals surface area (Å²) in [5, 5.41) is 3.49. The number of halogens is 2. The number of aliphatic imine (C=N–C) groups is 1. The predicted octanol–water partition coefficient (Wildman–Crippen LogP) is 5.24. The van der Waals surface area contributed by atoms with Crippen molar-refractivity contribution in [2.24, 2.45) is 10.7 Å². The highest BCUT2D eigenvalue weighted by Crippen LogP contribution is 2.40. The van der Waals surface area contributed by atoms with Gasteiger partial charge in [-0.25, -0.2) is 12.8 Å². The van der Waals surface area contributed by atoms with E-state index in [-0.39, 0.29) is 22.8 Å². The van der Waals surface area contributed by atoms with Crippen LogP contribution in [-0.4, -0.2) is 26.4 Å². The van der Waals surface area contributed by atoms with E-state index < -0.39 is 27.6 Å². The normalized spacial score (nSPS) is 14.7. The fraction of sp³-hybridized carbons (Fsp3) is 0.200. The number of carbonyl (C=O) groups excluding carboxylic acids is 1. The predicted molar refractivity (Wildman–Crippen MR) is 133 cm³/mol. The number of nitrogens with two attached hydrogens (primary N) is 1. The number of anilines is 1. The second kappa shape index (κ2) is 10.5. The Morgan fingerprint density at radius 2 is 1.83 bits per heavy atom. The van der Waals surface area contributed by atoms with Crippen LogP contribution in [0.25, 0.3) is 0 Å². The summed E-state index contributed by atoms with van der Waals surface area (Å²) in [5.41, 5.74) is 6.78. The molecule has 35 heavy (non-hydrogen) atoms. The number of carbonyl (C=O) groups is 1. The molecule has 1 aliphatic rings. The minimum Gasteiger partial charge on any atom is -0.457 e. The molecule has 0 fully saturated rings. The molecule has 1 heterocycles. The number of rotatable bonds is 9. The van der Waals surface area contributed by atoms with Crippen LogP contribution in [0.4, 0.5) is 10.1 Å². The summed E-state index contributed by atoms with van der Waals surface area (Å²) in [4.78, 5) is 15.3. The van der Waals surface area contributed by atoms with E-state index in [4.69, 9.17) is 22.1 Å². The number of benzene rings is 3. The van der Waals surface area contributed by atoms with Gasteiger partial charge in [0.15, 0.2) is 9.84 Å². The second-order valence-electron chi connectivity index (χ2n) is 8.03. The minimum atomic E-state index is -3.57. The van der Waals surface area contributed by atoms with Gasteiger partial charge < -0.3 is 15.8 Å². The molecule has 1 amide bonds. The lowest BCUT2D eigenvalue weighted by molar-refractivity contribution is -0.118. The van der Waals surface area contributed by atoms with E-state index in [1.54, 1.807) is 30.3 Å². The minimum absolute atomic E-state index is 0.0999. The van der Waals surface area contributed by atoms with E-state index in [9.17, 15) is 17.6 Å². The maximum Gasteiger partial charge on any atom is 0.217 e. The van der Waals surface area contributed by atoms with Crippen molar-refractivity contribution in [2.45, 2.75) is 30.2 Å². The zero-order valence-corrected chi connectivity index (χ0v) is 20.2. The zero-order chi connectivity index (χ0) is 25.0. The van der Waals surface area contributed by atoms with Gasteiger partial charge in [0.2, 0.25) is 5.91 Å². The fourth-order valence-corrected chi connectivity index (χ4v) is 5.43. The molecule has 0 saturated carbocycles. The van der Waals surface area contributed by atoms with Crippen LogP contribution < -0.4 is 15.8 Å². The number of unbranched alkanes of at least 4 members (excludes halogenated alkanes) is 1. The first-order chi connectivity index (χ1) is 16.7. The summed E-state index contributed by atoms with van der Waals surface area (Å²) in [7, 11) is -3.57. The van der Waals surface area contributed by atoms with Gasteiger partial charge in [-0.05, 0) is 55.3 Å². The van der Waals surface area contributed by atoms with Crippen molar-refractivity contribution in [2.75, 3.05) is 11.1 Å². The molecule has 182 valence electrons. The molecule has 1 atom stereocenters. The third kappa shape index (κ3) is 5.80. The maximum absolute atomic E-state index is 14.8. The Balaban J connectivity index is 1.55. The number of hydrogen-bond donors (Lipinski definition) is 2. The molecule has 0 radical (unpaired) electrons. The number of fused-ring (bicyclic) bond motifs is 1. The first-order valence-corrected chi connectivity index (χ1v) is 12.9. The van der Waals surface area contributed by atoms with Crippen molar-refractivity contribution in [3.63, 3.8) is 0 Å². The van der Waals surface area contributed by atoms with E-state index in [1.165, 1.54) is 30.6 Å². The number of nitrogens with one attached hydrogen (secondary N) is 1. The van der Waals surface area contributed by atoms with Crippen LogP contribution in [0.15, 0.2) is 70.6 Å². The first kappa shape index (κ1) is 24.7. The third-order valence-electron chi connectivity index (χ3n) is 5.52. The highest BCUT2D eigenvalue weighted by atomic mass is 35.5. The fourth-order valence-electron chi connectivity index (χ4n) is 3.80. The summed E-state index contributed by atoms with van der Waals surface area (Å²) < 4.78 is 46.1. The standard InChI is InChI=1S/C25H23ClFN3O4S/c26-21-8-4-7-19-24(29-15-30-25(19)21)20-14-17(10-11-22(20)27)34-16-5-3-6-18(13-16)35(32,33)12-2-1-9-23(28)31/h3-8,10-11,13-15,24H,1-2,9,12H2,(H2,28,31)(H,29,30). The van der Waals surface area contributed by atoms with E-state index in [2.05, 4.69) is 10.3 Å². The molecule has 0 bridgehead atoms. The third-order valence-corrected chi connectivity index (χ3v) is 7.63. The van der Waals surface area contributed by atoms with E-state index in [0.29, 0.717) is 34.9 Å². The van der Waals surface area contributed by atoms with Crippen molar-refractivity contribution in [1.29, 1.82) is 0 Å². The molecule has 10 heteroatoms. The smallest absolute Gasteiger partial charge is 0.217 e. The van der Waals surface area contributed by atoms with Gasteiger partial charge in [-0.2, -0.15) is 0 Å². The SMILES string of the molecule is NC(=O)CCCCS(=O)(=O)c1cccc(Oc2ccc(F)c(C3N=CNc4c(Cl)cccc43)c2)c1. The lowest BCUT2D eigenvalue weighted by atomic mass is 9.96. The molecule has 0 aliphatic carbocycles. The summed E-state index contributed by atoms with van der Waals surface area (Å²) in [6.45, 7) is 0. The van der Waals surface area contributed by atoms with E-state index >= 15 is 0 Å².